The average molecular weight is 249 g/mol. The van der Waals surface area contributed by atoms with E-state index in [-0.39, 0.29) is 17.1 Å². The number of hydrogen-bond donors (Lipinski definition) is 0. The van der Waals surface area contributed by atoms with Crippen molar-refractivity contribution >= 4 is 25.5 Å². The van der Waals surface area contributed by atoms with Gasteiger partial charge in [-0.2, -0.15) is 0 Å². The number of benzene rings is 1. The molecule has 1 rings (SSSR count). The SMILES string of the molecule is COCC(=O)c1ccccc1S(=O)(=O)Cl. The van der Waals surface area contributed by atoms with E-state index in [1.807, 2.05) is 0 Å². The van der Waals surface area contributed by atoms with Crippen molar-refractivity contribution in [2.24, 2.45) is 0 Å². The zero-order valence-corrected chi connectivity index (χ0v) is 9.51. The second-order valence-electron chi connectivity index (χ2n) is 2.79. The van der Waals surface area contributed by atoms with E-state index in [0.29, 0.717) is 0 Å². The highest BCUT2D eigenvalue weighted by Crippen LogP contribution is 2.20. The van der Waals surface area contributed by atoms with Gasteiger partial charge in [-0.1, -0.05) is 12.1 Å². The number of carbonyl (C=O) groups is 1. The molecule has 0 saturated carbocycles. The zero-order chi connectivity index (χ0) is 11.5. The van der Waals surface area contributed by atoms with Crippen molar-refractivity contribution in [1.29, 1.82) is 0 Å². The molecule has 1 aromatic carbocycles. The van der Waals surface area contributed by atoms with Crippen LogP contribution >= 0.6 is 10.7 Å². The van der Waals surface area contributed by atoms with Crippen LogP contribution in [0.1, 0.15) is 10.4 Å². The minimum Gasteiger partial charge on any atom is -0.377 e. The Kier molecular flexibility index (Phi) is 3.84. The Morgan fingerprint density at radius 3 is 2.53 bits per heavy atom. The van der Waals surface area contributed by atoms with Crippen molar-refractivity contribution in [3.63, 3.8) is 0 Å². The third kappa shape index (κ3) is 3.02. The van der Waals surface area contributed by atoms with Crippen molar-refractivity contribution < 1.29 is 17.9 Å². The minimum atomic E-state index is -3.90. The lowest BCUT2D eigenvalue weighted by molar-refractivity contribution is 0.0844. The van der Waals surface area contributed by atoms with Gasteiger partial charge in [0.25, 0.3) is 9.05 Å². The van der Waals surface area contributed by atoms with Crippen molar-refractivity contribution in [3.05, 3.63) is 29.8 Å². The average Bonchev–Trinajstić information content (AvgIpc) is 2.17. The molecule has 0 aliphatic carbocycles. The standard InChI is InChI=1S/C9H9ClO4S/c1-14-6-8(11)7-4-2-3-5-9(7)15(10,12)13/h2-5H,6H2,1H3. The van der Waals surface area contributed by atoms with Crippen LogP contribution in [0.4, 0.5) is 0 Å². The first-order chi connectivity index (χ1) is 6.96. The lowest BCUT2D eigenvalue weighted by atomic mass is 10.1. The molecule has 0 aliphatic rings. The first kappa shape index (κ1) is 12.2. The van der Waals surface area contributed by atoms with Crippen LogP contribution in [-0.2, 0) is 13.8 Å². The number of ketones is 1. The fraction of sp³-hybridized carbons (Fsp3) is 0.222. The van der Waals surface area contributed by atoms with Crippen molar-refractivity contribution in [2.45, 2.75) is 4.90 Å². The Balaban J connectivity index is 3.25. The second kappa shape index (κ2) is 4.74. The Morgan fingerprint density at radius 2 is 2.00 bits per heavy atom. The van der Waals surface area contributed by atoms with Crippen LogP contribution in [0.15, 0.2) is 29.2 Å². The number of hydrogen-bond acceptors (Lipinski definition) is 4. The van der Waals surface area contributed by atoms with Gasteiger partial charge in [-0.25, -0.2) is 8.42 Å². The van der Waals surface area contributed by atoms with Crippen molar-refractivity contribution in [1.82, 2.24) is 0 Å². The highest BCUT2D eigenvalue weighted by molar-refractivity contribution is 8.13. The Morgan fingerprint density at radius 1 is 1.40 bits per heavy atom. The third-order valence-electron chi connectivity index (χ3n) is 1.73. The minimum absolute atomic E-state index is 0.0503. The number of halogens is 1. The van der Waals surface area contributed by atoms with Gasteiger partial charge in [0.15, 0.2) is 5.78 Å². The zero-order valence-electron chi connectivity index (χ0n) is 7.94. The molecule has 15 heavy (non-hydrogen) atoms. The lowest BCUT2D eigenvalue weighted by Crippen LogP contribution is -2.10. The van der Waals surface area contributed by atoms with E-state index in [4.69, 9.17) is 10.7 Å². The van der Waals surface area contributed by atoms with Gasteiger partial charge in [0, 0.05) is 23.4 Å². The smallest absolute Gasteiger partial charge is 0.262 e. The summed E-state index contributed by atoms with van der Waals surface area (Å²) < 4.78 is 26.9. The van der Waals surface area contributed by atoms with Crippen LogP contribution in [0, 0.1) is 0 Å². The summed E-state index contributed by atoms with van der Waals surface area (Å²) in [6, 6.07) is 5.75. The maximum Gasteiger partial charge on any atom is 0.262 e. The number of ether oxygens (including phenoxy) is 1. The quantitative estimate of drug-likeness (QED) is 0.598. The van der Waals surface area contributed by atoms with Crippen molar-refractivity contribution in [3.8, 4) is 0 Å². The fourth-order valence-corrected chi connectivity index (χ4v) is 2.21. The van der Waals surface area contributed by atoms with Crippen LogP contribution in [0.2, 0.25) is 0 Å². The third-order valence-corrected chi connectivity index (χ3v) is 3.11. The molecule has 0 aromatic heterocycles. The molecule has 0 aliphatic heterocycles. The normalized spacial score (nSPS) is 11.3. The number of rotatable bonds is 4. The largest absolute Gasteiger partial charge is 0.377 e. The number of Topliss-reactive ketones (excluding diaryl/α,β-unsaturated/α-hetero) is 1. The van der Waals surface area contributed by atoms with Gasteiger partial charge < -0.3 is 4.74 Å². The van der Waals surface area contributed by atoms with Crippen molar-refractivity contribution in [2.75, 3.05) is 13.7 Å². The van der Waals surface area contributed by atoms with Gasteiger partial charge in [-0.05, 0) is 12.1 Å². The maximum absolute atomic E-state index is 11.5. The topological polar surface area (TPSA) is 60.4 Å². The van der Waals surface area contributed by atoms with Gasteiger partial charge in [0.1, 0.15) is 6.61 Å². The Labute approximate surface area is 92.2 Å². The van der Waals surface area contributed by atoms with E-state index in [1.165, 1.54) is 25.3 Å². The van der Waals surface area contributed by atoms with Crippen LogP contribution < -0.4 is 0 Å². The molecule has 82 valence electrons. The van der Waals surface area contributed by atoms with E-state index >= 15 is 0 Å². The number of methoxy groups -OCH3 is 1. The molecule has 4 nitrogen and oxygen atoms in total. The van der Waals surface area contributed by atoms with Crippen LogP contribution in [0.5, 0.6) is 0 Å². The molecule has 0 amide bonds. The molecule has 1 aromatic rings. The van der Waals surface area contributed by atoms with Crippen LogP contribution in [-0.4, -0.2) is 27.9 Å². The fourth-order valence-electron chi connectivity index (χ4n) is 1.12. The Bertz CT molecular complexity index is 467. The van der Waals surface area contributed by atoms with E-state index in [9.17, 15) is 13.2 Å². The highest BCUT2D eigenvalue weighted by atomic mass is 35.7. The predicted molar refractivity (Wildman–Crippen MR) is 55.7 cm³/mol. The summed E-state index contributed by atoms with van der Waals surface area (Å²) in [4.78, 5) is 11.3. The summed E-state index contributed by atoms with van der Waals surface area (Å²) in [5.74, 6) is -0.419. The molecule has 0 saturated heterocycles. The van der Waals surface area contributed by atoms with Gasteiger partial charge >= 0.3 is 0 Å². The molecular weight excluding hydrogens is 240 g/mol. The number of carbonyl (C=O) groups excluding carboxylic acids is 1. The predicted octanol–water partition coefficient (Wildman–Crippen LogP) is 1.44. The summed E-state index contributed by atoms with van der Waals surface area (Å²) in [5, 5.41) is 0. The molecular formula is C9H9ClO4S. The van der Waals surface area contributed by atoms with Gasteiger partial charge in [-0.3, -0.25) is 4.79 Å². The molecule has 0 radical (unpaired) electrons. The molecule has 0 bridgehead atoms. The summed E-state index contributed by atoms with van der Waals surface area (Å²) >= 11 is 0. The van der Waals surface area contributed by atoms with E-state index in [1.54, 1.807) is 6.07 Å². The summed E-state index contributed by atoms with van der Waals surface area (Å²) in [5.41, 5.74) is 0.0503. The van der Waals surface area contributed by atoms with E-state index in [2.05, 4.69) is 4.74 Å². The maximum atomic E-state index is 11.5. The molecule has 0 fully saturated rings. The molecule has 0 unspecified atom stereocenters. The Hall–Kier alpha value is -0.910. The van der Waals surface area contributed by atoms with Gasteiger partial charge in [0.05, 0.1) is 4.90 Å². The molecule has 0 N–H and O–H groups in total. The lowest BCUT2D eigenvalue weighted by Gasteiger charge is -2.04. The second-order valence-corrected chi connectivity index (χ2v) is 5.32. The van der Waals surface area contributed by atoms with Crippen LogP contribution in [0.3, 0.4) is 0 Å². The summed E-state index contributed by atoms with van der Waals surface area (Å²) in [7, 11) is 2.64. The molecule has 6 heteroatoms. The molecule has 0 spiro atoms. The summed E-state index contributed by atoms with van der Waals surface area (Å²) in [6.45, 7) is -0.177. The summed E-state index contributed by atoms with van der Waals surface area (Å²) in [6.07, 6.45) is 0. The monoisotopic (exact) mass is 248 g/mol. The molecule has 0 heterocycles. The first-order valence-corrected chi connectivity index (χ1v) is 6.33. The highest BCUT2D eigenvalue weighted by Gasteiger charge is 2.19. The van der Waals surface area contributed by atoms with Gasteiger partial charge in [0.2, 0.25) is 0 Å². The van der Waals surface area contributed by atoms with Crippen LogP contribution in [0.25, 0.3) is 0 Å². The molecule has 0 atom stereocenters. The van der Waals surface area contributed by atoms with E-state index in [0.717, 1.165) is 0 Å². The van der Waals surface area contributed by atoms with E-state index < -0.39 is 14.8 Å². The first-order valence-electron chi connectivity index (χ1n) is 4.02. The van der Waals surface area contributed by atoms with Gasteiger partial charge in [-0.15, -0.1) is 0 Å².